The molecule has 9 heteroatoms. The topological polar surface area (TPSA) is 92.4 Å². The van der Waals surface area contributed by atoms with E-state index in [-0.39, 0.29) is 17.7 Å². The normalized spacial score (nSPS) is 18.1. The van der Waals surface area contributed by atoms with Crippen molar-refractivity contribution in [1.82, 2.24) is 19.8 Å². The number of carbonyl (C=O) groups is 2. The van der Waals surface area contributed by atoms with Gasteiger partial charge in [0.2, 0.25) is 5.91 Å². The third-order valence-corrected chi connectivity index (χ3v) is 8.19. The molecule has 2 N–H and O–H groups in total. The number of hydrogen-bond donors (Lipinski definition) is 1. The summed E-state index contributed by atoms with van der Waals surface area (Å²) < 4.78 is 0. The summed E-state index contributed by atoms with van der Waals surface area (Å²) in [5.41, 5.74) is 8.87. The van der Waals surface area contributed by atoms with Crippen molar-refractivity contribution in [1.29, 1.82) is 0 Å². The van der Waals surface area contributed by atoms with Crippen LogP contribution >= 0.6 is 23.2 Å². The summed E-state index contributed by atoms with van der Waals surface area (Å²) in [7, 11) is 0. The zero-order valence-electron chi connectivity index (χ0n) is 20.2. The van der Waals surface area contributed by atoms with Gasteiger partial charge in [0.05, 0.1) is 10.0 Å². The first-order valence-electron chi connectivity index (χ1n) is 12.4. The van der Waals surface area contributed by atoms with Crippen LogP contribution in [0.3, 0.4) is 0 Å². The summed E-state index contributed by atoms with van der Waals surface area (Å²) in [5.74, 6) is -0.188. The molecule has 0 unspecified atom stereocenters. The lowest BCUT2D eigenvalue weighted by Crippen LogP contribution is -2.50. The largest absolute Gasteiger partial charge is 0.369 e. The van der Waals surface area contributed by atoms with Gasteiger partial charge in [-0.2, -0.15) is 0 Å². The number of benzene rings is 1. The highest BCUT2D eigenvalue weighted by molar-refractivity contribution is 6.42. The Morgan fingerprint density at radius 1 is 1.00 bits per heavy atom. The number of aromatic nitrogens is 2. The second-order valence-corrected chi connectivity index (χ2v) is 10.4. The number of nitrogens with zero attached hydrogens (tertiary/aromatic N) is 4. The number of aryl methyl sites for hydroxylation is 2. The fourth-order valence-electron chi connectivity index (χ4n) is 5.24. The van der Waals surface area contributed by atoms with Gasteiger partial charge in [-0.15, -0.1) is 0 Å². The number of likely N-dealkylation sites (tertiary alicyclic amines) is 2. The van der Waals surface area contributed by atoms with E-state index in [9.17, 15) is 9.59 Å². The molecule has 188 valence electrons. The summed E-state index contributed by atoms with van der Waals surface area (Å²) in [4.78, 5) is 37.9. The molecule has 0 bridgehead atoms. The van der Waals surface area contributed by atoms with Crippen LogP contribution < -0.4 is 5.73 Å². The molecule has 7 nitrogen and oxygen atoms in total. The monoisotopic (exact) mass is 517 g/mol. The van der Waals surface area contributed by atoms with Gasteiger partial charge in [-0.25, -0.2) is 9.97 Å². The van der Waals surface area contributed by atoms with Crippen LogP contribution in [0.25, 0.3) is 0 Å². The summed E-state index contributed by atoms with van der Waals surface area (Å²) >= 11 is 12.1. The van der Waals surface area contributed by atoms with Crippen molar-refractivity contribution in [2.75, 3.05) is 26.2 Å². The highest BCUT2D eigenvalue weighted by Gasteiger charge is 2.32. The highest BCUT2D eigenvalue weighted by Crippen LogP contribution is 2.26. The molecule has 0 spiro atoms. The molecule has 0 aliphatic carbocycles. The molecule has 2 aliphatic heterocycles. The molecule has 2 fully saturated rings. The Hall–Kier alpha value is -2.22. The van der Waals surface area contributed by atoms with E-state index in [1.165, 1.54) is 6.33 Å². The average molecular weight is 518 g/mol. The number of hydrogen-bond acceptors (Lipinski definition) is 5. The Kier molecular flexibility index (Phi) is 8.63. The van der Waals surface area contributed by atoms with E-state index in [1.54, 1.807) is 0 Å². The van der Waals surface area contributed by atoms with Crippen LogP contribution in [0, 0.1) is 12.8 Å². The first kappa shape index (κ1) is 25.9. The van der Waals surface area contributed by atoms with Crippen LogP contribution in [0.1, 0.15) is 59.4 Å². The van der Waals surface area contributed by atoms with E-state index >= 15 is 0 Å². The second-order valence-electron chi connectivity index (χ2n) is 9.63. The fraction of sp³-hybridized carbons (Fsp3) is 0.538. The Labute approximate surface area is 217 Å². The van der Waals surface area contributed by atoms with E-state index < -0.39 is 0 Å². The molecule has 0 atom stereocenters. The summed E-state index contributed by atoms with van der Waals surface area (Å²) in [6, 6.07) is 6.16. The molecule has 0 radical (unpaired) electrons. The maximum absolute atomic E-state index is 13.3. The minimum absolute atomic E-state index is 0.00634. The predicted molar refractivity (Wildman–Crippen MR) is 138 cm³/mol. The van der Waals surface area contributed by atoms with Gasteiger partial charge in [0.25, 0.3) is 5.91 Å². The first-order valence-corrected chi connectivity index (χ1v) is 13.2. The smallest absolute Gasteiger partial charge is 0.272 e. The van der Waals surface area contributed by atoms with Gasteiger partial charge in [-0.1, -0.05) is 29.3 Å². The number of nitrogens with two attached hydrogens (primary N) is 1. The number of rotatable bonds is 7. The molecular formula is C26H33Cl2N5O2. The van der Waals surface area contributed by atoms with Crippen LogP contribution in [0.4, 0.5) is 0 Å². The van der Waals surface area contributed by atoms with E-state index in [2.05, 4.69) is 14.9 Å². The third kappa shape index (κ3) is 6.32. The van der Waals surface area contributed by atoms with Gasteiger partial charge in [-0.05, 0) is 82.7 Å². The van der Waals surface area contributed by atoms with Crippen molar-refractivity contribution in [2.45, 2.75) is 57.9 Å². The standard InChI is InChI=1S/C26H33Cl2N5O2/c1-17-23(4-2-3-18-5-6-21(27)22(28)15-18)30-16-31-24(17)26(35)33-13-9-20(10-14-33)32-11-7-19(8-12-32)25(29)34/h5-6,15-16,19-20H,2-4,7-14H2,1H3,(H2,29,34). The van der Waals surface area contributed by atoms with E-state index in [4.69, 9.17) is 28.9 Å². The first-order chi connectivity index (χ1) is 16.8. The van der Waals surface area contributed by atoms with Crippen molar-refractivity contribution < 1.29 is 9.59 Å². The van der Waals surface area contributed by atoms with Crippen LogP contribution in [-0.2, 0) is 17.6 Å². The molecule has 0 saturated carbocycles. The maximum atomic E-state index is 13.3. The van der Waals surface area contributed by atoms with Gasteiger partial charge in [-0.3, -0.25) is 9.59 Å². The minimum Gasteiger partial charge on any atom is -0.369 e. The third-order valence-electron chi connectivity index (χ3n) is 7.45. The van der Waals surface area contributed by atoms with Crippen LogP contribution in [0.5, 0.6) is 0 Å². The number of carbonyl (C=O) groups excluding carboxylic acids is 2. The lowest BCUT2D eigenvalue weighted by Gasteiger charge is -2.41. The van der Waals surface area contributed by atoms with Crippen molar-refractivity contribution in [3.8, 4) is 0 Å². The average Bonchev–Trinajstić information content (AvgIpc) is 2.87. The number of primary amides is 1. The fourth-order valence-corrected chi connectivity index (χ4v) is 5.56. The Morgan fingerprint density at radius 3 is 2.37 bits per heavy atom. The molecule has 2 aromatic rings. The summed E-state index contributed by atoms with van der Waals surface area (Å²) in [6.07, 6.45) is 7.56. The van der Waals surface area contributed by atoms with Crippen molar-refractivity contribution in [2.24, 2.45) is 11.7 Å². The maximum Gasteiger partial charge on any atom is 0.272 e. The van der Waals surface area contributed by atoms with Crippen molar-refractivity contribution >= 4 is 35.0 Å². The lowest BCUT2D eigenvalue weighted by atomic mass is 9.93. The molecule has 1 aromatic heterocycles. The lowest BCUT2D eigenvalue weighted by molar-refractivity contribution is -0.123. The second kappa shape index (κ2) is 11.7. The van der Waals surface area contributed by atoms with Crippen LogP contribution in [-0.4, -0.2) is 63.8 Å². The quantitative estimate of drug-likeness (QED) is 0.597. The zero-order valence-corrected chi connectivity index (χ0v) is 21.7. The van der Waals surface area contributed by atoms with Gasteiger partial charge < -0.3 is 15.5 Å². The summed E-state index contributed by atoms with van der Waals surface area (Å²) in [6.45, 7) is 5.19. The molecule has 2 amide bonds. The van der Waals surface area contributed by atoms with Crippen molar-refractivity contribution in [3.05, 3.63) is 57.1 Å². The number of halogens is 2. The SMILES string of the molecule is Cc1c(CCCc2ccc(Cl)c(Cl)c2)ncnc1C(=O)N1CCC(N2CCC(C(N)=O)CC2)CC1. The van der Waals surface area contributed by atoms with Crippen LogP contribution in [0.15, 0.2) is 24.5 Å². The predicted octanol–water partition coefficient (Wildman–Crippen LogP) is 4.07. The Bertz CT molecular complexity index is 1060. The Balaban J connectivity index is 1.30. The molecular weight excluding hydrogens is 485 g/mol. The minimum atomic E-state index is -0.181. The van der Waals surface area contributed by atoms with Gasteiger partial charge in [0.15, 0.2) is 0 Å². The molecule has 35 heavy (non-hydrogen) atoms. The van der Waals surface area contributed by atoms with Crippen molar-refractivity contribution in [3.63, 3.8) is 0 Å². The molecule has 3 heterocycles. The zero-order chi connectivity index (χ0) is 24.9. The number of amides is 2. The molecule has 2 aliphatic rings. The summed E-state index contributed by atoms with van der Waals surface area (Å²) in [5, 5.41) is 1.12. The van der Waals surface area contributed by atoms with Gasteiger partial charge in [0.1, 0.15) is 12.0 Å². The molecule has 1 aromatic carbocycles. The van der Waals surface area contributed by atoms with E-state index in [1.807, 2.05) is 30.0 Å². The van der Waals surface area contributed by atoms with Crippen LogP contribution in [0.2, 0.25) is 10.0 Å². The van der Waals surface area contributed by atoms with Gasteiger partial charge >= 0.3 is 0 Å². The highest BCUT2D eigenvalue weighted by atomic mass is 35.5. The van der Waals surface area contributed by atoms with Gasteiger partial charge in [0, 0.05) is 36.3 Å². The molecule has 2 saturated heterocycles. The van der Waals surface area contributed by atoms with E-state index in [0.29, 0.717) is 21.8 Å². The molecule has 4 rings (SSSR count). The number of piperidine rings is 2. The Morgan fingerprint density at radius 2 is 1.71 bits per heavy atom. The van der Waals surface area contributed by atoms with E-state index in [0.717, 1.165) is 87.9 Å².